The molecule has 1 aromatic carbocycles. The van der Waals surface area contributed by atoms with Crippen molar-refractivity contribution in [3.8, 4) is 0 Å². The van der Waals surface area contributed by atoms with Gasteiger partial charge in [0.15, 0.2) is 0 Å². The van der Waals surface area contributed by atoms with Gasteiger partial charge in [-0.25, -0.2) is 0 Å². The highest BCUT2D eigenvalue weighted by atomic mass is 35.5. The van der Waals surface area contributed by atoms with Gasteiger partial charge in [0.25, 0.3) is 0 Å². The van der Waals surface area contributed by atoms with Crippen LogP contribution < -0.4 is 5.32 Å². The Bertz CT molecular complexity index is 435. The number of nitrogens with one attached hydrogen (secondary N) is 1. The number of rotatable bonds is 4. The molecule has 0 aromatic heterocycles. The van der Waals surface area contributed by atoms with E-state index in [4.69, 9.17) is 11.6 Å². The summed E-state index contributed by atoms with van der Waals surface area (Å²) in [6, 6.07) is 9.91. The van der Waals surface area contributed by atoms with Crippen molar-refractivity contribution in [3.63, 3.8) is 0 Å². The molecule has 2 saturated carbocycles. The maximum absolute atomic E-state index is 5.95. The van der Waals surface area contributed by atoms with Crippen LogP contribution in [0.25, 0.3) is 0 Å². The summed E-state index contributed by atoms with van der Waals surface area (Å²) in [7, 11) is 0. The van der Waals surface area contributed by atoms with Gasteiger partial charge in [-0.1, -0.05) is 44.0 Å². The summed E-state index contributed by atoms with van der Waals surface area (Å²) in [5.74, 6) is 2.54. The summed E-state index contributed by atoms with van der Waals surface area (Å²) >= 11 is 5.95. The first-order valence-electron chi connectivity index (χ1n) is 8.19. The molecular formula is C18H26ClN. The van der Waals surface area contributed by atoms with Crippen LogP contribution in [0.3, 0.4) is 0 Å². The predicted octanol–water partition coefficient (Wildman–Crippen LogP) is 5.00. The molecule has 3 rings (SSSR count). The average molecular weight is 292 g/mol. The van der Waals surface area contributed by atoms with Crippen LogP contribution in [0.2, 0.25) is 5.02 Å². The number of benzene rings is 1. The topological polar surface area (TPSA) is 12.0 Å². The van der Waals surface area contributed by atoms with Gasteiger partial charge in [-0.3, -0.25) is 0 Å². The van der Waals surface area contributed by atoms with Crippen LogP contribution in [0.4, 0.5) is 0 Å². The van der Waals surface area contributed by atoms with Crippen molar-refractivity contribution in [1.29, 1.82) is 0 Å². The summed E-state index contributed by atoms with van der Waals surface area (Å²) in [6.45, 7) is 4.78. The highest BCUT2D eigenvalue weighted by Crippen LogP contribution is 2.40. The van der Waals surface area contributed by atoms with Crippen molar-refractivity contribution in [2.24, 2.45) is 11.8 Å². The van der Waals surface area contributed by atoms with Crippen LogP contribution in [0, 0.1) is 11.8 Å². The monoisotopic (exact) mass is 291 g/mol. The molecular weight excluding hydrogens is 266 g/mol. The molecule has 0 amide bonds. The van der Waals surface area contributed by atoms with E-state index in [-0.39, 0.29) is 0 Å². The first-order valence-corrected chi connectivity index (χ1v) is 8.56. The molecule has 20 heavy (non-hydrogen) atoms. The molecule has 0 heterocycles. The molecule has 1 nitrogen and oxygen atoms in total. The second-order valence-corrected chi connectivity index (χ2v) is 7.23. The van der Waals surface area contributed by atoms with Gasteiger partial charge in [-0.05, 0) is 61.1 Å². The molecule has 0 bridgehead atoms. The van der Waals surface area contributed by atoms with Crippen LogP contribution in [-0.4, -0.2) is 12.1 Å². The lowest BCUT2D eigenvalue weighted by Gasteiger charge is -2.39. The van der Waals surface area contributed by atoms with Gasteiger partial charge >= 0.3 is 0 Å². The molecule has 2 fully saturated rings. The van der Waals surface area contributed by atoms with Gasteiger partial charge in [0.1, 0.15) is 0 Å². The van der Waals surface area contributed by atoms with E-state index in [9.17, 15) is 0 Å². The van der Waals surface area contributed by atoms with Crippen LogP contribution >= 0.6 is 11.6 Å². The third-order valence-electron chi connectivity index (χ3n) is 5.68. The van der Waals surface area contributed by atoms with Crippen molar-refractivity contribution in [2.45, 2.75) is 64.0 Å². The molecule has 2 heteroatoms. The van der Waals surface area contributed by atoms with E-state index in [1.807, 2.05) is 12.1 Å². The van der Waals surface area contributed by atoms with E-state index in [1.165, 1.54) is 37.7 Å². The summed E-state index contributed by atoms with van der Waals surface area (Å²) in [6.07, 6.45) is 6.73. The van der Waals surface area contributed by atoms with Crippen LogP contribution in [0.1, 0.15) is 57.4 Å². The lowest BCUT2D eigenvalue weighted by atomic mass is 9.75. The molecule has 3 unspecified atom stereocenters. The summed E-state index contributed by atoms with van der Waals surface area (Å²) in [4.78, 5) is 0. The molecule has 0 radical (unpaired) electrons. The van der Waals surface area contributed by atoms with E-state index in [1.54, 1.807) is 0 Å². The second-order valence-electron chi connectivity index (χ2n) is 6.79. The summed E-state index contributed by atoms with van der Waals surface area (Å²) in [5.41, 5.74) is 1.46. The highest BCUT2D eigenvalue weighted by Gasteiger charge is 2.36. The molecule has 3 atom stereocenters. The van der Waals surface area contributed by atoms with Gasteiger partial charge in [-0.15, -0.1) is 0 Å². The van der Waals surface area contributed by atoms with Gasteiger partial charge < -0.3 is 5.32 Å². The first-order chi connectivity index (χ1) is 9.67. The Morgan fingerprint density at radius 1 is 1.15 bits per heavy atom. The molecule has 110 valence electrons. The molecule has 1 N–H and O–H groups in total. The standard InChI is InChI=1S/C18H26ClN/c1-3-13-6-9-18(12(13)2)20-17-10-15(11-17)14-4-7-16(19)8-5-14/h4-5,7-8,12-13,15,17-18,20H,3,6,9-11H2,1-2H3. The molecule has 0 spiro atoms. The molecule has 2 aliphatic carbocycles. The maximum atomic E-state index is 5.95. The van der Waals surface area contributed by atoms with E-state index in [0.717, 1.165) is 34.9 Å². The molecule has 2 aliphatic rings. The lowest BCUT2D eigenvalue weighted by molar-refractivity contribution is 0.235. The minimum Gasteiger partial charge on any atom is -0.311 e. The summed E-state index contributed by atoms with van der Waals surface area (Å²) in [5, 5.41) is 4.76. The maximum Gasteiger partial charge on any atom is 0.0406 e. The van der Waals surface area contributed by atoms with Gasteiger partial charge in [0, 0.05) is 17.1 Å². The van der Waals surface area contributed by atoms with Crippen molar-refractivity contribution in [2.75, 3.05) is 0 Å². The zero-order valence-electron chi connectivity index (χ0n) is 12.6. The fraction of sp³-hybridized carbons (Fsp3) is 0.667. The normalized spacial score (nSPS) is 36.9. The predicted molar refractivity (Wildman–Crippen MR) is 86.3 cm³/mol. The average Bonchev–Trinajstić information content (AvgIpc) is 2.75. The smallest absolute Gasteiger partial charge is 0.0406 e. The Morgan fingerprint density at radius 2 is 1.85 bits per heavy atom. The fourth-order valence-electron chi connectivity index (χ4n) is 4.12. The Kier molecular flexibility index (Phi) is 4.37. The van der Waals surface area contributed by atoms with Gasteiger partial charge in [0.05, 0.1) is 0 Å². The fourth-order valence-corrected chi connectivity index (χ4v) is 4.25. The molecule has 1 aromatic rings. The minimum absolute atomic E-state index is 0.735. The van der Waals surface area contributed by atoms with Crippen LogP contribution in [0.5, 0.6) is 0 Å². The Balaban J connectivity index is 1.48. The SMILES string of the molecule is CCC1CCC(NC2CC(c3ccc(Cl)cc3)C2)C1C. The van der Waals surface area contributed by atoms with Gasteiger partial charge in [-0.2, -0.15) is 0 Å². The quantitative estimate of drug-likeness (QED) is 0.823. The van der Waals surface area contributed by atoms with E-state index >= 15 is 0 Å². The minimum atomic E-state index is 0.735. The van der Waals surface area contributed by atoms with Crippen LogP contribution in [0.15, 0.2) is 24.3 Å². The largest absolute Gasteiger partial charge is 0.311 e. The molecule has 0 saturated heterocycles. The van der Waals surface area contributed by atoms with E-state index in [2.05, 4.69) is 31.3 Å². The lowest BCUT2D eigenvalue weighted by Crippen LogP contribution is -2.46. The van der Waals surface area contributed by atoms with Crippen molar-refractivity contribution in [3.05, 3.63) is 34.9 Å². The first kappa shape index (κ1) is 14.4. The van der Waals surface area contributed by atoms with Crippen molar-refractivity contribution >= 4 is 11.6 Å². The van der Waals surface area contributed by atoms with Gasteiger partial charge in [0.2, 0.25) is 0 Å². The number of halogens is 1. The Hall–Kier alpha value is -0.530. The second kappa shape index (κ2) is 6.07. The third-order valence-corrected chi connectivity index (χ3v) is 5.93. The number of hydrogen-bond donors (Lipinski definition) is 1. The zero-order valence-corrected chi connectivity index (χ0v) is 13.4. The molecule has 0 aliphatic heterocycles. The summed E-state index contributed by atoms with van der Waals surface area (Å²) < 4.78 is 0. The van der Waals surface area contributed by atoms with Crippen molar-refractivity contribution in [1.82, 2.24) is 5.32 Å². The Morgan fingerprint density at radius 3 is 2.45 bits per heavy atom. The van der Waals surface area contributed by atoms with Crippen molar-refractivity contribution < 1.29 is 0 Å². The van der Waals surface area contributed by atoms with Crippen LogP contribution in [-0.2, 0) is 0 Å². The highest BCUT2D eigenvalue weighted by molar-refractivity contribution is 6.30. The Labute approximate surface area is 128 Å². The van der Waals surface area contributed by atoms with E-state index in [0.29, 0.717) is 0 Å². The third kappa shape index (κ3) is 2.89. The zero-order chi connectivity index (χ0) is 14.1. The van der Waals surface area contributed by atoms with E-state index < -0.39 is 0 Å². The number of hydrogen-bond acceptors (Lipinski definition) is 1.